The third-order valence-corrected chi connectivity index (χ3v) is 3.81. The number of carboxylic acids is 1. The summed E-state index contributed by atoms with van der Waals surface area (Å²) >= 11 is 0.994. The topological polar surface area (TPSA) is 83.4 Å². The van der Waals surface area contributed by atoms with Gasteiger partial charge in [-0.05, 0) is 37.0 Å². The van der Waals surface area contributed by atoms with E-state index in [0.29, 0.717) is 16.3 Å². The van der Waals surface area contributed by atoms with Crippen LogP contribution in [0.15, 0.2) is 18.5 Å². The number of amides is 1. The van der Waals surface area contributed by atoms with Crippen molar-refractivity contribution in [3.05, 3.63) is 40.8 Å². The monoisotopic (exact) mass is 291 g/mol. The maximum absolute atomic E-state index is 12.4. The highest BCUT2D eigenvalue weighted by atomic mass is 32.1. The second-order valence-electron chi connectivity index (χ2n) is 4.37. The average molecular weight is 291 g/mol. The number of pyridine rings is 1. The molecule has 2 rings (SSSR count). The van der Waals surface area contributed by atoms with Gasteiger partial charge < -0.3 is 10.0 Å². The van der Waals surface area contributed by atoms with E-state index in [2.05, 4.69) is 9.36 Å². The number of anilines is 1. The lowest BCUT2D eigenvalue weighted by Gasteiger charge is -2.15. The molecule has 6 nitrogen and oxygen atoms in total. The molecule has 0 aliphatic rings. The van der Waals surface area contributed by atoms with E-state index in [1.54, 1.807) is 19.2 Å². The molecule has 0 bridgehead atoms. The van der Waals surface area contributed by atoms with Crippen molar-refractivity contribution in [2.24, 2.45) is 0 Å². The fourth-order valence-corrected chi connectivity index (χ4v) is 2.64. The van der Waals surface area contributed by atoms with Crippen molar-refractivity contribution in [1.29, 1.82) is 0 Å². The Labute approximate surface area is 119 Å². The zero-order valence-electron chi connectivity index (χ0n) is 11.2. The highest BCUT2D eigenvalue weighted by Gasteiger charge is 2.24. The van der Waals surface area contributed by atoms with Crippen molar-refractivity contribution in [2.75, 3.05) is 11.9 Å². The van der Waals surface area contributed by atoms with Crippen molar-refractivity contribution in [1.82, 2.24) is 9.36 Å². The molecule has 0 aromatic carbocycles. The predicted octanol–water partition coefficient (Wildman–Crippen LogP) is 2.13. The van der Waals surface area contributed by atoms with Crippen molar-refractivity contribution in [3.63, 3.8) is 0 Å². The molecule has 0 radical (unpaired) electrons. The predicted molar refractivity (Wildman–Crippen MR) is 75.5 cm³/mol. The molecule has 0 unspecified atom stereocenters. The Morgan fingerprint density at radius 2 is 2.00 bits per heavy atom. The molecule has 0 saturated heterocycles. The number of carboxylic acid groups (broad SMARTS) is 1. The summed E-state index contributed by atoms with van der Waals surface area (Å²) in [7, 11) is 1.53. The van der Waals surface area contributed by atoms with Gasteiger partial charge in [0.05, 0.1) is 11.3 Å². The van der Waals surface area contributed by atoms with Crippen molar-refractivity contribution in [2.45, 2.75) is 13.8 Å². The summed E-state index contributed by atoms with van der Waals surface area (Å²) in [5, 5.41) is 9.52. The number of rotatable bonds is 3. The van der Waals surface area contributed by atoms with E-state index in [1.807, 2.05) is 6.92 Å². The number of hydrogen-bond acceptors (Lipinski definition) is 5. The van der Waals surface area contributed by atoms with E-state index >= 15 is 0 Å². The zero-order chi connectivity index (χ0) is 14.9. The van der Waals surface area contributed by atoms with Crippen LogP contribution in [0.2, 0.25) is 0 Å². The summed E-state index contributed by atoms with van der Waals surface area (Å²) < 4.78 is 4.00. The van der Waals surface area contributed by atoms with Gasteiger partial charge in [-0.15, -0.1) is 0 Å². The second kappa shape index (κ2) is 5.38. The minimum Gasteiger partial charge on any atom is -0.478 e. The molecule has 0 saturated carbocycles. The number of carbonyl (C=O) groups excluding carboxylic acids is 1. The third-order valence-electron chi connectivity index (χ3n) is 2.79. The third kappa shape index (κ3) is 2.53. The van der Waals surface area contributed by atoms with Crippen LogP contribution in [0, 0.1) is 13.8 Å². The van der Waals surface area contributed by atoms with Gasteiger partial charge in [0.1, 0.15) is 10.6 Å². The molecular formula is C13H13N3O3S. The maximum atomic E-state index is 12.4. The van der Waals surface area contributed by atoms with Crippen LogP contribution in [0.3, 0.4) is 0 Å². The molecule has 1 amide bonds. The second-order valence-corrected chi connectivity index (χ2v) is 5.12. The minimum atomic E-state index is -1.09. The molecule has 0 aliphatic heterocycles. The van der Waals surface area contributed by atoms with Crippen molar-refractivity contribution >= 4 is 28.4 Å². The van der Waals surface area contributed by atoms with E-state index in [-0.39, 0.29) is 11.5 Å². The highest BCUT2D eigenvalue weighted by Crippen LogP contribution is 2.28. The molecular weight excluding hydrogens is 278 g/mol. The first-order valence-corrected chi connectivity index (χ1v) is 6.58. The molecule has 0 fully saturated rings. The van der Waals surface area contributed by atoms with Crippen LogP contribution in [-0.2, 0) is 0 Å². The normalized spacial score (nSPS) is 10.3. The summed E-state index contributed by atoms with van der Waals surface area (Å²) in [5.74, 6) is -1.40. The fraction of sp³-hybridized carbons (Fsp3) is 0.231. The van der Waals surface area contributed by atoms with E-state index in [9.17, 15) is 14.7 Å². The van der Waals surface area contributed by atoms with Crippen LogP contribution in [0.1, 0.15) is 32.0 Å². The Hall–Kier alpha value is -2.28. The highest BCUT2D eigenvalue weighted by molar-refractivity contribution is 7.11. The molecule has 7 heteroatoms. The van der Waals surface area contributed by atoms with Gasteiger partial charge in [0.25, 0.3) is 5.91 Å². The summed E-state index contributed by atoms with van der Waals surface area (Å²) in [4.78, 5) is 28.9. The molecule has 104 valence electrons. The molecule has 1 N–H and O–H groups in total. The number of aryl methyl sites for hydroxylation is 2. The van der Waals surface area contributed by atoms with Crippen LogP contribution in [0.25, 0.3) is 0 Å². The first kappa shape index (κ1) is 14.1. The van der Waals surface area contributed by atoms with E-state index in [1.165, 1.54) is 18.1 Å². The van der Waals surface area contributed by atoms with Crippen molar-refractivity contribution < 1.29 is 14.7 Å². The Morgan fingerprint density at radius 1 is 1.30 bits per heavy atom. The van der Waals surface area contributed by atoms with E-state index in [0.717, 1.165) is 17.1 Å². The zero-order valence-corrected chi connectivity index (χ0v) is 12.1. The largest absolute Gasteiger partial charge is 0.478 e. The minimum absolute atomic E-state index is 0.0615. The lowest BCUT2D eigenvalue weighted by atomic mass is 10.2. The first-order chi connectivity index (χ1) is 9.41. The van der Waals surface area contributed by atoms with Gasteiger partial charge in [0.2, 0.25) is 0 Å². The number of carbonyl (C=O) groups is 2. The van der Waals surface area contributed by atoms with Gasteiger partial charge in [-0.2, -0.15) is 4.37 Å². The van der Waals surface area contributed by atoms with Crippen LogP contribution >= 0.6 is 11.5 Å². The summed E-state index contributed by atoms with van der Waals surface area (Å²) in [6, 6.07) is 1.71. The van der Waals surface area contributed by atoms with Gasteiger partial charge in [-0.3, -0.25) is 9.78 Å². The number of hydrogen-bond donors (Lipinski definition) is 1. The number of aromatic nitrogens is 2. The Balaban J connectivity index is 2.39. The van der Waals surface area contributed by atoms with E-state index < -0.39 is 5.97 Å². The summed E-state index contributed by atoms with van der Waals surface area (Å²) in [5.41, 5.74) is 1.74. The average Bonchev–Trinajstić information content (AvgIpc) is 2.79. The molecule has 2 aromatic rings. The fourth-order valence-electron chi connectivity index (χ4n) is 1.79. The molecule has 2 heterocycles. The Morgan fingerprint density at radius 3 is 2.60 bits per heavy atom. The summed E-state index contributed by atoms with van der Waals surface area (Å²) in [6.45, 7) is 3.44. The molecule has 20 heavy (non-hydrogen) atoms. The standard InChI is InChI=1S/C13H13N3O3S/c1-7-4-9(6-14-5-7)11(17)16(3)12-10(13(18)19)8(2)15-20-12/h4-6H,1-3H3,(H,18,19). The van der Waals surface area contributed by atoms with Gasteiger partial charge in [0.15, 0.2) is 0 Å². The van der Waals surface area contributed by atoms with Crippen LogP contribution in [0.4, 0.5) is 5.00 Å². The lowest BCUT2D eigenvalue weighted by molar-refractivity contribution is 0.0697. The summed E-state index contributed by atoms with van der Waals surface area (Å²) in [6.07, 6.45) is 3.11. The smallest absolute Gasteiger partial charge is 0.340 e. The van der Waals surface area contributed by atoms with Gasteiger partial charge >= 0.3 is 5.97 Å². The van der Waals surface area contributed by atoms with Crippen LogP contribution in [-0.4, -0.2) is 33.4 Å². The first-order valence-electron chi connectivity index (χ1n) is 5.81. The van der Waals surface area contributed by atoms with Gasteiger partial charge in [0, 0.05) is 19.4 Å². The molecule has 0 spiro atoms. The van der Waals surface area contributed by atoms with Crippen LogP contribution in [0.5, 0.6) is 0 Å². The van der Waals surface area contributed by atoms with E-state index in [4.69, 9.17) is 0 Å². The van der Waals surface area contributed by atoms with Gasteiger partial charge in [-0.25, -0.2) is 4.79 Å². The lowest BCUT2D eigenvalue weighted by Crippen LogP contribution is -2.27. The van der Waals surface area contributed by atoms with Crippen molar-refractivity contribution in [3.8, 4) is 0 Å². The van der Waals surface area contributed by atoms with Gasteiger partial charge in [-0.1, -0.05) is 0 Å². The molecule has 2 aromatic heterocycles. The number of nitrogens with zero attached hydrogens (tertiary/aromatic N) is 3. The van der Waals surface area contributed by atoms with Crippen LogP contribution < -0.4 is 4.90 Å². The quantitative estimate of drug-likeness (QED) is 0.936. The maximum Gasteiger partial charge on any atom is 0.340 e. The number of aromatic carboxylic acids is 1. The SMILES string of the molecule is Cc1cncc(C(=O)N(C)c2snc(C)c2C(=O)O)c1. The molecule has 0 atom stereocenters. The Bertz CT molecular complexity index is 681. The molecule has 0 aliphatic carbocycles. The Kier molecular flexibility index (Phi) is 3.80.